The molecule has 1 fully saturated rings. The van der Waals surface area contributed by atoms with Crippen molar-refractivity contribution >= 4 is 15.9 Å². The van der Waals surface area contributed by atoms with Gasteiger partial charge in [-0.1, -0.05) is 22.9 Å². The maximum atomic E-state index is 13.1. The van der Waals surface area contributed by atoms with Gasteiger partial charge < -0.3 is 5.11 Å². The molecule has 4 heteroatoms. The molecule has 88 valence electrons. The molecule has 0 amide bonds. The third-order valence-corrected chi connectivity index (χ3v) is 3.48. The van der Waals surface area contributed by atoms with Crippen molar-refractivity contribution in [2.24, 2.45) is 0 Å². The number of likely N-dealkylation sites (tertiary alicyclic amines) is 1. The van der Waals surface area contributed by atoms with Crippen molar-refractivity contribution < 1.29 is 9.50 Å². The monoisotopic (exact) mass is 287 g/mol. The summed E-state index contributed by atoms with van der Waals surface area (Å²) in [6.07, 6.45) is 0.774. The summed E-state index contributed by atoms with van der Waals surface area (Å²) in [6.45, 7) is 4.03. The van der Waals surface area contributed by atoms with E-state index in [1.54, 1.807) is 0 Å². The number of hydrogen-bond donors (Lipinski definition) is 1. The molecule has 1 saturated heterocycles. The molecule has 0 aromatic heterocycles. The lowest BCUT2D eigenvalue weighted by Gasteiger charge is -2.46. The van der Waals surface area contributed by atoms with Crippen LogP contribution in [0.4, 0.5) is 4.39 Å². The number of β-amino-alcohol motifs (C(OH)–C–C–N with tert-alkyl or cyclic N) is 1. The van der Waals surface area contributed by atoms with Crippen LogP contribution in [0.5, 0.6) is 0 Å². The van der Waals surface area contributed by atoms with Crippen molar-refractivity contribution in [3.8, 4) is 0 Å². The minimum atomic E-state index is -0.523. The van der Waals surface area contributed by atoms with Gasteiger partial charge in [0, 0.05) is 24.1 Å². The molecular formula is C12H15BrFNO. The van der Waals surface area contributed by atoms with E-state index in [4.69, 9.17) is 0 Å². The number of hydrogen-bond acceptors (Lipinski definition) is 2. The highest BCUT2D eigenvalue weighted by Gasteiger charge is 2.38. The predicted octanol–water partition coefficient (Wildman–Crippen LogP) is 2.54. The van der Waals surface area contributed by atoms with Gasteiger partial charge in [-0.05, 0) is 30.2 Å². The quantitative estimate of drug-likeness (QED) is 0.924. The van der Waals surface area contributed by atoms with Crippen LogP contribution in [-0.2, 0) is 6.54 Å². The van der Waals surface area contributed by atoms with E-state index in [-0.39, 0.29) is 5.82 Å². The Labute approximate surface area is 103 Å². The topological polar surface area (TPSA) is 23.5 Å². The fourth-order valence-electron chi connectivity index (χ4n) is 2.08. The standard InChI is InChI=1S/C12H15BrFNO/c1-2-12(16)7-15(8-12)6-9-3-10(13)5-11(14)4-9/h3-5,16H,2,6-8H2,1H3. The van der Waals surface area contributed by atoms with Crippen LogP contribution < -0.4 is 0 Å². The van der Waals surface area contributed by atoms with Gasteiger partial charge in [0.1, 0.15) is 5.82 Å². The van der Waals surface area contributed by atoms with E-state index in [1.165, 1.54) is 12.1 Å². The van der Waals surface area contributed by atoms with Crippen LogP contribution in [0.25, 0.3) is 0 Å². The fraction of sp³-hybridized carbons (Fsp3) is 0.500. The Morgan fingerprint density at radius 1 is 1.44 bits per heavy atom. The number of halogens is 2. The summed E-state index contributed by atoms with van der Waals surface area (Å²) in [5, 5.41) is 9.85. The average molecular weight is 288 g/mol. The van der Waals surface area contributed by atoms with Crippen LogP contribution in [0.3, 0.4) is 0 Å². The van der Waals surface area contributed by atoms with Crippen LogP contribution in [0, 0.1) is 5.82 Å². The van der Waals surface area contributed by atoms with E-state index in [2.05, 4.69) is 20.8 Å². The molecule has 1 aromatic rings. The molecule has 0 unspecified atom stereocenters. The minimum absolute atomic E-state index is 0.226. The Bertz CT molecular complexity index is 370. The van der Waals surface area contributed by atoms with Crippen LogP contribution in [-0.4, -0.2) is 28.7 Å². The van der Waals surface area contributed by atoms with Crippen molar-refractivity contribution in [2.75, 3.05) is 13.1 Å². The summed E-state index contributed by atoms with van der Waals surface area (Å²) < 4.78 is 13.9. The van der Waals surface area contributed by atoms with E-state index < -0.39 is 5.60 Å². The van der Waals surface area contributed by atoms with E-state index in [1.807, 2.05) is 13.0 Å². The smallest absolute Gasteiger partial charge is 0.124 e. The Hall–Kier alpha value is -0.450. The summed E-state index contributed by atoms with van der Waals surface area (Å²) in [4.78, 5) is 2.12. The zero-order valence-electron chi connectivity index (χ0n) is 9.21. The van der Waals surface area contributed by atoms with Crippen molar-refractivity contribution in [3.63, 3.8) is 0 Å². The summed E-state index contributed by atoms with van der Waals surface area (Å²) >= 11 is 3.27. The number of aliphatic hydroxyl groups is 1. The molecule has 0 saturated carbocycles. The molecule has 0 atom stereocenters. The van der Waals surface area contributed by atoms with Crippen molar-refractivity contribution in [2.45, 2.75) is 25.5 Å². The van der Waals surface area contributed by atoms with E-state index >= 15 is 0 Å². The van der Waals surface area contributed by atoms with Gasteiger partial charge in [-0.2, -0.15) is 0 Å². The molecule has 0 spiro atoms. The molecule has 0 aliphatic carbocycles. The van der Waals surface area contributed by atoms with Gasteiger partial charge in [0.05, 0.1) is 5.60 Å². The Morgan fingerprint density at radius 3 is 2.69 bits per heavy atom. The van der Waals surface area contributed by atoms with Gasteiger partial charge >= 0.3 is 0 Å². The highest BCUT2D eigenvalue weighted by Crippen LogP contribution is 2.26. The summed E-state index contributed by atoms with van der Waals surface area (Å²) in [5.41, 5.74) is 0.412. The fourth-order valence-corrected chi connectivity index (χ4v) is 2.59. The summed E-state index contributed by atoms with van der Waals surface area (Å²) in [7, 11) is 0. The highest BCUT2D eigenvalue weighted by atomic mass is 79.9. The maximum Gasteiger partial charge on any atom is 0.124 e. The molecule has 1 N–H and O–H groups in total. The first-order valence-corrected chi connectivity index (χ1v) is 6.20. The van der Waals surface area contributed by atoms with E-state index in [0.29, 0.717) is 19.6 Å². The van der Waals surface area contributed by atoms with E-state index in [9.17, 15) is 9.50 Å². The van der Waals surface area contributed by atoms with Gasteiger partial charge in [-0.15, -0.1) is 0 Å². The minimum Gasteiger partial charge on any atom is -0.387 e. The second-order valence-electron chi connectivity index (χ2n) is 4.50. The van der Waals surface area contributed by atoms with Gasteiger partial charge in [-0.3, -0.25) is 4.90 Å². The van der Waals surface area contributed by atoms with Crippen LogP contribution >= 0.6 is 15.9 Å². The summed E-state index contributed by atoms with van der Waals surface area (Å²) in [5.74, 6) is -0.226. The molecule has 1 aliphatic heterocycles. The Morgan fingerprint density at radius 2 is 2.12 bits per heavy atom. The van der Waals surface area contributed by atoms with Crippen molar-refractivity contribution in [3.05, 3.63) is 34.1 Å². The zero-order valence-corrected chi connectivity index (χ0v) is 10.8. The largest absolute Gasteiger partial charge is 0.387 e. The summed E-state index contributed by atoms with van der Waals surface area (Å²) in [6, 6.07) is 4.89. The predicted molar refractivity (Wildman–Crippen MR) is 64.6 cm³/mol. The van der Waals surface area contributed by atoms with Gasteiger partial charge in [0.2, 0.25) is 0 Å². The first-order valence-electron chi connectivity index (χ1n) is 5.40. The van der Waals surface area contributed by atoms with E-state index in [0.717, 1.165) is 16.5 Å². The van der Waals surface area contributed by atoms with Gasteiger partial charge in [-0.25, -0.2) is 4.39 Å². The molecule has 16 heavy (non-hydrogen) atoms. The van der Waals surface area contributed by atoms with Crippen molar-refractivity contribution in [1.29, 1.82) is 0 Å². The SMILES string of the molecule is CCC1(O)CN(Cc2cc(F)cc(Br)c2)C1. The second kappa shape index (κ2) is 4.43. The third-order valence-electron chi connectivity index (χ3n) is 3.02. The molecule has 1 heterocycles. The number of nitrogens with zero attached hydrogens (tertiary/aromatic N) is 1. The van der Waals surface area contributed by atoms with Crippen LogP contribution in [0.2, 0.25) is 0 Å². The molecule has 1 aromatic carbocycles. The molecular weight excluding hydrogens is 273 g/mol. The maximum absolute atomic E-state index is 13.1. The first kappa shape index (κ1) is 12.0. The van der Waals surface area contributed by atoms with Crippen LogP contribution in [0.15, 0.2) is 22.7 Å². The molecule has 0 radical (unpaired) electrons. The van der Waals surface area contributed by atoms with Crippen molar-refractivity contribution in [1.82, 2.24) is 4.90 Å². The Kier molecular flexibility index (Phi) is 3.33. The molecule has 0 bridgehead atoms. The second-order valence-corrected chi connectivity index (χ2v) is 5.42. The molecule has 2 rings (SSSR count). The van der Waals surface area contributed by atoms with Crippen LogP contribution in [0.1, 0.15) is 18.9 Å². The highest BCUT2D eigenvalue weighted by molar-refractivity contribution is 9.10. The Balaban J connectivity index is 1.96. The number of rotatable bonds is 3. The average Bonchev–Trinajstić information content (AvgIpc) is 2.13. The zero-order chi connectivity index (χ0) is 11.8. The normalized spacial score (nSPS) is 19.5. The van der Waals surface area contributed by atoms with Gasteiger partial charge in [0.15, 0.2) is 0 Å². The van der Waals surface area contributed by atoms with Gasteiger partial charge in [0.25, 0.3) is 0 Å². The first-order chi connectivity index (χ1) is 7.50. The molecule has 1 aliphatic rings. The lowest BCUT2D eigenvalue weighted by molar-refractivity contribution is -0.103. The third kappa shape index (κ3) is 2.62. The lowest BCUT2D eigenvalue weighted by Crippen LogP contribution is -2.60. The molecule has 2 nitrogen and oxygen atoms in total. The lowest BCUT2D eigenvalue weighted by atomic mass is 9.91. The number of benzene rings is 1.